The molecule has 23 heavy (non-hydrogen) atoms. The molecule has 3 N–H and O–H groups in total. The van der Waals surface area contributed by atoms with Crippen LogP contribution >= 0.6 is 11.3 Å². The largest absolute Gasteiger partial charge is 0.397 e. The van der Waals surface area contributed by atoms with Crippen LogP contribution in [0, 0.1) is 13.8 Å². The average Bonchev–Trinajstić information content (AvgIpc) is 2.85. The quantitative estimate of drug-likeness (QED) is 0.765. The molecule has 2 heterocycles. The normalized spacial score (nSPS) is 12.3. The van der Waals surface area contributed by atoms with Crippen LogP contribution in [0.3, 0.4) is 0 Å². The second-order valence-electron chi connectivity index (χ2n) is 5.71. The van der Waals surface area contributed by atoms with Gasteiger partial charge in [-0.2, -0.15) is 0 Å². The third kappa shape index (κ3) is 2.92. The smallest absolute Gasteiger partial charge is 0.264 e. The number of nitrogens with one attached hydrogen (secondary N) is 1. The van der Waals surface area contributed by atoms with Crippen LogP contribution in [0.25, 0.3) is 10.2 Å². The molecule has 5 heteroatoms. The van der Waals surface area contributed by atoms with E-state index < -0.39 is 0 Å². The summed E-state index contributed by atoms with van der Waals surface area (Å²) in [6, 6.07) is 11.8. The monoisotopic (exact) mass is 325 g/mol. The Balaban J connectivity index is 1.92. The summed E-state index contributed by atoms with van der Waals surface area (Å²) in [6.45, 7) is 5.90. The Kier molecular flexibility index (Phi) is 4.05. The highest BCUT2D eigenvalue weighted by atomic mass is 32.1. The number of rotatable bonds is 3. The molecule has 1 atom stereocenters. The van der Waals surface area contributed by atoms with E-state index in [2.05, 4.69) is 10.3 Å². The number of aromatic nitrogens is 1. The van der Waals surface area contributed by atoms with Gasteiger partial charge in [0.15, 0.2) is 0 Å². The highest BCUT2D eigenvalue weighted by Gasteiger charge is 2.20. The predicted octanol–water partition coefficient (Wildman–Crippen LogP) is 3.99. The Bertz CT molecular complexity index is 871. The lowest BCUT2D eigenvalue weighted by atomic mass is 10.1. The minimum atomic E-state index is -0.154. The number of aryl methyl sites for hydroxylation is 2. The Labute approximate surface area is 139 Å². The van der Waals surface area contributed by atoms with Gasteiger partial charge in [-0.1, -0.05) is 30.3 Å². The number of thiophene rings is 1. The summed E-state index contributed by atoms with van der Waals surface area (Å²) in [5.41, 5.74) is 9.78. The first-order valence-corrected chi connectivity index (χ1v) is 8.31. The molecular formula is C18H19N3OS. The van der Waals surface area contributed by atoms with Crippen LogP contribution in [0.1, 0.15) is 39.5 Å². The molecule has 0 aliphatic heterocycles. The number of carbonyl (C=O) groups is 1. The van der Waals surface area contributed by atoms with Gasteiger partial charge in [-0.25, -0.2) is 4.98 Å². The maximum Gasteiger partial charge on any atom is 0.264 e. The van der Waals surface area contributed by atoms with Crippen LogP contribution in [0.2, 0.25) is 0 Å². The van der Waals surface area contributed by atoms with Crippen LogP contribution in [0.4, 0.5) is 5.69 Å². The van der Waals surface area contributed by atoms with Crippen LogP contribution in [-0.2, 0) is 0 Å². The van der Waals surface area contributed by atoms with E-state index in [-0.39, 0.29) is 11.9 Å². The number of nitrogen functional groups attached to an aromatic ring is 1. The topological polar surface area (TPSA) is 68.0 Å². The Morgan fingerprint density at radius 1 is 1.26 bits per heavy atom. The molecule has 0 aliphatic carbocycles. The van der Waals surface area contributed by atoms with Crippen molar-refractivity contribution in [2.24, 2.45) is 0 Å². The molecule has 0 aliphatic rings. The summed E-state index contributed by atoms with van der Waals surface area (Å²) in [5.74, 6) is -0.154. The van der Waals surface area contributed by atoms with Gasteiger partial charge in [-0.05, 0) is 38.0 Å². The van der Waals surface area contributed by atoms with Gasteiger partial charge in [0.25, 0.3) is 5.91 Å². The van der Waals surface area contributed by atoms with Gasteiger partial charge in [0.1, 0.15) is 9.71 Å². The van der Waals surface area contributed by atoms with Gasteiger partial charge in [0.2, 0.25) is 0 Å². The van der Waals surface area contributed by atoms with Crippen LogP contribution in [0.15, 0.2) is 36.4 Å². The number of nitrogens with two attached hydrogens (primary N) is 1. The second-order valence-corrected chi connectivity index (χ2v) is 6.71. The molecule has 0 spiro atoms. The summed E-state index contributed by atoms with van der Waals surface area (Å²) < 4.78 is 0. The first-order valence-electron chi connectivity index (χ1n) is 7.49. The molecule has 0 bridgehead atoms. The van der Waals surface area contributed by atoms with Crippen molar-refractivity contribution in [3.05, 3.63) is 58.1 Å². The van der Waals surface area contributed by atoms with Gasteiger partial charge >= 0.3 is 0 Å². The Morgan fingerprint density at radius 3 is 2.65 bits per heavy atom. The third-order valence-corrected chi connectivity index (χ3v) is 4.98. The number of pyridine rings is 1. The van der Waals surface area contributed by atoms with Gasteiger partial charge in [0.05, 0.1) is 11.7 Å². The third-order valence-electron chi connectivity index (χ3n) is 3.88. The first kappa shape index (κ1) is 15.5. The highest BCUT2D eigenvalue weighted by Crippen LogP contribution is 2.35. The van der Waals surface area contributed by atoms with Crippen molar-refractivity contribution in [1.29, 1.82) is 0 Å². The molecular weight excluding hydrogens is 306 g/mol. The molecule has 1 amide bonds. The highest BCUT2D eigenvalue weighted by molar-refractivity contribution is 7.21. The lowest BCUT2D eigenvalue weighted by Crippen LogP contribution is -2.26. The lowest BCUT2D eigenvalue weighted by Gasteiger charge is -2.13. The van der Waals surface area contributed by atoms with E-state index in [1.54, 1.807) is 0 Å². The van der Waals surface area contributed by atoms with Crippen molar-refractivity contribution >= 4 is 33.1 Å². The first-order chi connectivity index (χ1) is 11.0. The fraction of sp³-hybridized carbons (Fsp3) is 0.222. The molecule has 1 aromatic carbocycles. The van der Waals surface area contributed by atoms with Gasteiger partial charge < -0.3 is 11.1 Å². The van der Waals surface area contributed by atoms with Gasteiger partial charge in [-0.3, -0.25) is 4.79 Å². The molecule has 118 valence electrons. The molecule has 2 aromatic heterocycles. The second kappa shape index (κ2) is 6.01. The van der Waals surface area contributed by atoms with Crippen LogP contribution in [-0.4, -0.2) is 10.9 Å². The van der Waals surface area contributed by atoms with Crippen LogP contribution in [0.5, 0.6) is 0 Å². The average molecular weight is 325 g/mol. The van der Waals surface area contributed by atoms with E-state index in [0.717, 1.165) is 27.0 Å². The van der Waals surface area contributed by atoms with Gasteiger partial charge in [-0.15, -0.1) is 11.3 Å². The molecule has 0 radical (unpaired) electrons. The number of nitrogens with zero attached hydrogens (tertiary/aromatic N) is 1. The SMILES string of the molecule is Cc1cc(C)c2c(N)c(C(=O)N[C@H](C)c3ccccc3)sc2n1. The maximum atomic E-state index is 12.6. The number of hydrogen-bond donors (Lipinski definition) is 2. The van der Waals surface area contributed by atoms with Crippen molar-refractivity contribution < 1.29 is 4.79 Å². The maximum absolute atomic E-state index is 12.6. The summed E-state index contributed by atoms with van der Waals surface area (Å²) >= 11 is 1.35. The predicted molar refractivity (Wildman–Crippen MR) is 95.8 cm³/mol. The van der Waals surface area contributed by atoms with E-state index >= 15 is 0 Å². The van der Waals surface area contributed by atoms with E-state index in [0.29, 0.717) is 10.6 Å². The van der Waals surface area contributed by atoms with Crippen molar-refractivity contribution in [3.8, 4) is 0 Å². The minimum Gasteiger partial charge on any atom is -0.397 e. The molecule has 0 saturated carbocycles. The minimum absolute atomic E-state index is 0.0795. The summed E-state index contributed by atoms with van der Waals surface area (Å²) in [5, 5.41) is 3.90. The van der Waals surface area contributed by atoms with E-state index in [1.165, 1.54) is 11.3 Å². The van der Waals surface area contributed by atoms with Crippen molar-refractivity contribution in [2.45, 2.75) is 26.8 Å². The zero-order valence-electron chi connectivity index (χ0n) is 13.4. The summed E-state index contributed by atoms with van der Waals surface area (Å²) in [4.78, 5) is 18.5. The van der Waals surface area contributed by atoms with E-state index in [9.17, 15) is 4.79 Å². The number of amides is 1. The summed E-state index contributed by atoms with van der Waals surface area (Å²) in [6.07, 6.45) is 0. The van der Waals surface area contributed by atoms with Crippen molar-refractivity contribution in [2.75, 3.05) is 5.73 Å². The molecule has 0 unspecified atom stereocenters. The van der Waals surface area contributed by atoms with E-state index in [1.807, 2.05) is 57.2 Å². The molecule has 4 nitrogen and oxygen atoms in total. The lowest BCUT2D eigenvalue weighted by molar-refractivity contribution is 0.0945. The fourth-order valence-corrected chi connectivity index (χ4v) is 3.84. The number of benzene rings is 1. The number of anilines is 1. The molecule has 0 saturated heterocycles. The Morgan fingerprint density at radius 2 is 1.96 bits per heavy atom. The van der Waals surface area contributed by atoms with Gasteiger partial charge in [0, 0.05) is 11.1 Å². The van der Waals surface area contributed by atoms with Crippen molar-refractivity contribution in [3.63, 3.8) is 0 Å². The van der Waals surface area contributed by atoms with Crippen molar-refractivity contribution in [1.82, 2.24) is 10.3 Å². The number of fused-ring (bicyclic) bond motifs is 1. The number of hydrogen-bond acceptors (Lipinski definition) is 4. The number of carbonyl (C=O) groups excluding carboxylic acids is 1. The molecule has 3 aromatic rings. The van der Waals surface area contributed by atoms with Crippen LogP contribution < -0.4 is 11.1 Å². The standard InChI is InChI=1S/C18H19N3OS/c1-10-9-11(2)20-18-14(10)15(19)16(23-18)17(22)21-12(3)13-7-5-4-6-8-13/h4-9,12H,19H2,1-3H3,(H,21,22)/t12-/m1/s1. The molecule has 3 rings (SSSR count). The molecule has 0 fully saturated rings. The van der Waals surface area contributed by atoms with E-state index in [4.69, 9.17) is 5.73 Å². The zero-order chi connectivity index (χ0) is 16.6. The Hall–Kier alpha value is -2.40. The zero-order valence-corrected chi connectivity index (χ0v) is 14.2. The fourth-order valence-electron chi connectivity index (χ4n) is 2.73. The summed E-state index contributed by atoms with van der Waals surface area (Å²) in [7, 11) is 0.